The minimum absolute atomic E-state index is 0.0948. The summed E-state index contributed by atoms with van der Waals surface area (Å²) in [5, 5.41) is 0. The second kappa shape index (κ2) is 7.77. The van der Waals surface area contributed by atoms with Crippen molar-refractivity contribution >= 4 is 11.6 Å². The third kappa shape index (κ3) is 6.67. The van der Waals surface area contributed by atoms with E-state index >= 15 is 0 Å². The zero-order chi connectivity index (χ0) is 13.4. The Morgan fingerprint density at radius 2 is 1.29 bits per heavy atom. The Kier molecular flexibility index (Phi) is 7.11. The van der Waals surface area contributed by atoms with E-state index in [4.69, 9.17) is 0 Å². The summed E-state index contributed by atoms with van der Waals surface area (Å²) in [6.07, 6.45) is 0. The minimum atomic E-state index is 0.0948. The van der Waals surface area contributed by atoms with Crippen LogP contribution in [0.1, 0.15) is 45.0 Å². The molecule has 1 rings (SSSR count). The quantitative estimate of drug-likeness (QED) is 0.746. The van der Waals surface area contributed by atoms with Gasteiger partial charge in [-0.1, -0.05) is 58.0 Å². The van der Waals surface area contributed by atoms with Crippen LogP contribution in [0, 0.1) is 11.8 Å². The van der Waals surface area contributed by atoms with E-state index in [0.29, 0.717) is 0 Å². The second-order valence-corrected chi connectivity index (χ2v) is 4.65. The van der Waals surface area contributed by atoms with Crippen molar-refractivity contribution in [3.63, 3.8) is 0 Å². The lowest BCUT2D eigenvalue weighted by Gasteiger charge is -2.01. The predicted octanol–water partition coefficient (Wildman–Crippen LogP) is 3.76. The van der Waals surface area contributed by atoms with Gasteiger partial charge in [-0.25, -0.2) is 0 Å². The van der Waals surface area contributed by atoms with Crippen LogP contribution in [0.4, 0.5) is 0 Å². The molecule has 0 heterocycles. The molecule has 0 aromatic heterocycles. The van der Waals surface area contributed by atoms with Crippen molar-refractivity contribution < 1.29 is 9.59 Å². The summed E-state index contributed by atoms with van der Waals surface area (Å²) < 4.78 is 0. The number of carbonyl (C=O) groups excluding carboxylic acids is 2. The number of ketones is 2. The first-order valence-electron chi connectivity index (χ1n) is 5.96. The molecule has 0 aliphatic carbocycles. The summed E-state index contributed by atoms with van der Waals surface area (Å²) in [5.41, 5.74) is 0.808. The smallest absolute Gasteiger partial charge is 0.165 e. The first kappa shape index (κ1) is 15.6. The van der Waals surface area contributed by atoms with Crippen LogP contribution in [0.3, 0.4) is 0 Å². The Morgan fingerprint density at radius 3 is 1.59 bits per heavy atom. The van der Waals surface area contributed by atoms with E-state index in [2.05, 4.69) is 0 Å². The van der Waals surface area contributed by atoms with Gasteiger partial charge in [0.2, 0.25) is 0 Å². The van der Waals surface area contributed by atoms with Gasteiger partial charge in [-0.15, -0.1) is 0 Å². The van der Waals surface area contributed by atoms with Gasteiger partial charge in [0, 0.05) is 17.4 Å². The Labute approximate surface area is 104 Å². The normalized spacial score (nSPS) is 9.82. The van der Waals surface area contributed by atoms with Crippen LogP contribution in [0.2, 0.25) is 0 Å². The van der Waals surface area contributed by atoms with Crippen LogP contribution >= 0.6 is 0 Å². The Balaban J connectivity index is 0.000000366. The van der Waals surface area contributed by atoms with Gasteiger partial charge in [0.1, 0.15) is 5.78 Å². The molecule has 1 aromatic carbocycles. The molecule has 0 unspecified atom stereocenters. The summed E-state index contributed by atoms with van der Waals surface area (Å²) in [7, 11) is 0. The van der Waals surface area contributed by atoms with Crippen LogP contribution in [0.15, 0.2) is 30.3 Å². The van der Waals surface area contributed by atoms with Gasteiger partial charge in [0.15, 0.2) is 5.78 Å². The zero-order valence-corrected chi connectivity index (χ0v) is 11.4. The maximum atomic E-state index is 11.3. The molecular formula is C15H22O2. The van der Waals surface area contributed by atoms with Crippen LogP contribution in [0.25, 0.3) is 0 Å². The van der Waals surface area contributed by atoms with E-state index in [1.165, 1.54) is 0 Å². The summed E-state index contributed by atoms with van der Waals surface area (Å²) in [4.78, 5) is 21.5. The average Bonchev–Trinajstić information content (AvgIpc) is 2.29. The number of Topliss-reactive ketones (excluding diaryl/α,β-unsaturated/α-hetero) is 2. The number of hydrogen-bond acceptors (Lipinski definition) is 2. The van der Waals surface area contributed by atoms with Crippen molar-refractivity contribution in [1.82, 2.24) is 0 Å². The van der Waals surface area contributed by atoms with E-state index in [1.54, 1.807) is 6.92 Å². The number of carbonyl (C=O) groups is 2. The van der Waals surface area contributed by atoms with Crippen molar-refractivity contribution in [2.75, 3.05) is 0 Å². The summed E-state index contributed by atoms with van der Waals surface area (Å²) >= 11 is 0. The Bertz CT molecular complexity index is 350. The fraction of sp³-hybridized carbons (Fsp3) is 0.467. The van der Waals surface area contributed by atoms with Crippen molar-refractivity contribution in [3.05, 3.63) is 35.9 Å². The molecule has 0 radical (unpaired) electrons. The first-order valence-corrected chi connectivity index (χ1v) is 5.96. The van der Waals surface area contributed by atoms with Gasteiger partial charge in [0.25, 0.3) is 0 Å². The molecule has 0 aliphatic heterocycles. The maximum Gasteiger partial charge on any atom is 0.165 e. The largest absolute Gasteiger partial charge is 0.300 e. The lowest BCUT2D eigenvalue weighted by atomic mass is 10.0. The van der Waals surface area contributed by atoms with Gasteiger partial charge in [-0.2, -0.15) is 0 Å². The zero-order valence-electron chi connectivity index (χ0n) is 11.4. The molecule has 0 aliphatic rings. The molecule has 0 saturated heterocycles. The fourth-order valence-corrected chi connectivity index (χ4v) is 0.936. The van der Waals surface area contributed by atoms with Gasteiger partial charge < -0.3 is 0 Å². The van der Waals surface area contributed by atoms with Crippen molar-refractivity contribution in [2.45, 2.75) is 34.6 Å². The second-order valence-electron chi connectivity index (χ2n) is 4.65. The molecule has 0 N–H and O–H groups in total. The number of benzene rings is 1. The highest BCUT2D eigenvalue weighted by Crippen LogP contribution is 2.06. The van der Waals surface area contributed by atoms with Crippen molar-refractivity contribution in [2.24, 2.45) is 11.8 Å². The van der Waals surface area contributed by atoms with Crippen LogP contribution < -0.4 is 0 Å². The Hall–Kier alpha value is -1.44. The molecule has 17 heavy (non-hydrogen) atoms. The number of rotatable bonds is 3. The molecule has 2 heteroatoms. The highest BCUT2D eigenvalue weighted by atomic mass is 16.1. The molecule has 0 saturated carbocycles. The molecule has 0 amide bonds. The number of hydrogen-bond donors (Lipinski definition) is 0. The molecular weight excluding hydrogens is 212 g/mol. The van der Waals surface area contributed by atoms with E-state index in [0.717, 1.165) is 5.56 Å². The molecule has 1 aromatic rings. The highest BCUT2D eigenvalue weighted by molar-refractivity contribution is 5.97. The van der Waals surface area contributed by atoms with Gasteiger partial charge >= 0.3 is 0 Å². The predicted molar refractivity (Wildman–Crippen MR) is 71.1 cm³/mol. The fourth-order valence-electron chi connectivity index (χ4n) is 0.936. The monoisotopic (exact) mass is 234 g/mol. The lowest BCUT2D eigenvalue weighted by Crippen LogP contribution is -2.06. The molecule has 2 nitrogen and oxygen atoms in total. The van der Waals surface area contributed by atoms with E-state index in [1.807, 2.05) is 58.0 Å². The van der Waals surface area contributed by atoms with Crippen molar-refractivity contribution in [3.8, 4) is 0 Å². The standard InChI is InChI=1S/C10H12O.C5H10O/c1-8(2)10(11)9-6-4-3-5-7-9;1-4(2)5(3)6/h3-8H,1-2H3;4H,1-3H3. The minimum Gasteiger partial charge on any atom is -0.300 e. The van der Waals surface area contributed by atoms with Crippen LogP contribution in [0.5, 0.6) is 0 Å². The summed E-state index contributed by atoms with van der Waals surface area (Å²) in [5.74, 6) is 0.781. The highest BCUT2D eigenvalue weighted by Gasteiger charge is 2.08. The third-order valence-corrected chi connectivity index (χ3v) is 2.40. The van der Waals surface area contributed by atoms with Crippen LogP contribution in [-0.4, -0.2) is 11.6 Å². The lowest BCUT2D eigenvalue weighted by molar-refractivity contribution is -0.119. The first-order chi connectivity index (χ1) is 7.86. The van der Waals surface area contributed by atoms with Crippen LogP contribution in [-0.2, 0) is 4.79 Å². The van der Waals surface area contributed by atoms with E-state index in [-0.39, 0.29) is 23.4 Å². The average molecular weight is 234 g/mol. The van der Waals surface area contributed by atoms with Gasteiger partial charge in [-0.3, -0.25) is 9.59 Å². The van der Waals surface area contributed by atoms with Gasteiger partial charge in [0.05, 0.1) is 0 Å². The molecule has 0 bridgehead atoms. The Morgan fingerprint density at radius 1 is 0.882 bits per heavy atom. The van der Waals surface area contributed by atoms with E-state index < -0.39 is 0 Å². The topological polar surface area (TPSA) is 34.1 Å². The van der Waals surface area contributed by atoms with Gasteiger partial charge in [-0.05, 0) is 6.92 Å². The molecule has 0 atom stereocenters. The molecule has 0 spiro atoms. The summed E-state index contributed by atoms with van der Waals surface area (Å²) in [6, 6.07) is 9.38. The van der Waals surface area contributed by atoms with Crippen molar-refractivity contribution in [1.29, 1.82) is 0 Å². The molecule has 0 fully saturated rings. The summed E-state index contributed by atoms with van der Waals surface area (Å²) in [6.45, 7) is 9.21. The van der Waals surface area contributed by atoms with E-state index in [9.17, 15) is 9.59 Å². The maximum absolute atomic E-state index is 11.3. The SMILES string of the molecule is CC(=O)C(C)C.CC(C)C(=O)c1ccccc1. The third-order valence-electron chi connectivity index (χ3n) is 2.40. The molecule has 94 valence electrons.